The topological polar surface area (TPSA) is 26.3 Å². The number of hydrogen-bond acceptors (Lipinski definition) is 2. The van der Waals surface area contributed by atoms with E-state index >= 15 is 0 Å². The van der Waals surface area contributed by atoms with Crippen LogP contribution in [-0.4, -0.2) is 12.6 Å². The van der Waals surface area contributed by atoms with Crippen LogP contribution in [0.3, 0.4) is 0 Å². The van der Waals surface area contributed by atoms with Crippen molar-refractivity contribution in [2.75, 3.05) is 6.61 Å². The zero-order chi connectivity index (χ0) is 10.1. The van der Waals surface area contributed by atoms with E-state index in [9.17, 15) is 4.79 Å². The second-order valence-electron chi connectivity index (χ2n) is 3.60. The van der Waals surface area contributed by atoms with Gasteiger partial charge in [-0.15, -0.1) is 0 Å². The minimum atomic E-state index is -0.216. The molecule has 0 heterocycles. The van der Waals surface area contributed by atoms with Gasteiger partial charge in [0, 0.05) is 6.92 Å². The van der Waals surface area contributed by atoms with Gasteiger partial charge in [0.25, 0.3) is 0 Å². The van der Waals surface area contributed by atoms with Gasteiger partial charge in [-0.25, -0.2) is 0 Å². The van der Waals surface area contributed by atoms with Gasteiger partial charge >= 0.3 is 5.97 Å². The van der Waals surface area contributed by atoms with Crippen molar-refractivity contribution in [2.24, 2.45) is 5.92 Å². The summed E-state index contributed by atoms with van der Waals surface area (Å²) in [4.78, 5) is 10.4. The summed E-state index contributed by atoms with van der Waals surface area (Å²) in [5.74, 6) is 0.564. The number of rotatable bonds is 6. The molecule has 13 heavy (non-hydrogen) atoms. The van der Waals surface area contributed by atoms with Gasteiger partial charge in [0.2, 0.25) is 0 Å². The normalized spacial score (nSPS) is 11.1. The third-order valence-corrected chi connectivity index (χ3v) is 1.70. The molecule has 0 aromatic heterocycles. The monoisotopic (exact) mass is 184 g/mol. The lowest BCUT2D eigenvalue weighted by Crippen LogP contribution is -1.97. The fourth-order valence-electron chi connectivity index (χ4n) is 0.995. The fourth-order valence-corrected chi connectivity index (χ4v) is 0.995. The first-order valence-corrected chi connectivity index (χ1v) is 4.91. The minimum absolute atomic E-state index is 0.216. The molecule has 0 amide bonds. The Kier molecular flexibility index (Phi) is 7.36. The molecule has 2 heteroatoms. The van der Waals surface area contributed by atoms with E-state index in [4.69, 9.17) is 4.74 Å². The van der Waals surface area contributed by atoms with Crippen LogP contribution in [0, 0.1) is 5.92 Å². The Labute approximate surface area is 81.0 Å². The van der Waals surface area contributed by atoms with Gasteiger partial charge in [0.1, 0.15) is 6.61 Å². The van der Waals surface area contributed by atoms with E-state index in [2.05, 4.69) is 19.9 Å². The van der Waals surface area contributed by atoms with Crippen LogP contribution in [0.15, 0.2) is 12.2 Å². The highest BCUT2D eigenvalue weighted by molar-refractivity contribution is 5.65. The molecule has 0 bridgehead atoms. The average Bonchev–Trinajstić information content (AvgIpc) is 2.01. The Morgan fingerprint density at radius 3 is 2.62 bits per heavy atom. The Morgan fingerprint density at radius 1 is 1.38 bits per heavy atom. The van der Waals surface area contributed by atoms with E-state index < -0.39 is 0 Å². The van der Waals surface area contributed by atoms with Gasteiger partial charge in [-0.05, 0) is 18.8 Å². The molecule has 0 saturated carbocycles. The molecule has 0 aliphatic heterocycles. The van der Waals surface area contributed by atoms with Crippen molar-refractivity contribution in [2.45, 2.75) is 40.0 Å². The van der Waals surface area contributed by atoms with Crippen LogP contribution in [0.25, 0.3) is 0 Å². The molecule has 76 valence electrons. The van der Waals surface area contributed by atoms with E-state index in [1.807, 2.05) is 6.08 Å². The maximum Gasteiger partial charge on any atom is 0.302 e. The number of esters is 1. The summed E-state index contributed by atoms with van der Waals surface area (Å²) < 4.78 is 4.74. The van der Waals surface area contributed by atoms with Gasteiger partial charge in [-0.2, -0.15) is 0 Å². The second kappa shape index (κ2) is 7.84. The molecular formula is C11H20O2. The zero-order valence-corrected chi connectivity index (χ0v) is 8.88. The highest BCUT2D eigenvalue weighted by atomic mass is 16.5. The first-order valence-electron chi connectivity index (χ1n) is 4.91. The number of carbonyl (C=O) groups excluding carboxylic acids is 1. The summed E-state index contributed by atoms with van der Waals surface area (Å²) in [5.41, 5.74) is 0. The van der Waals surface area contributed by atoms with E-state index in [0.29, 0.717) is 6.61 Å². The predicted octanol–water partition coefficient (Wildman–Crippen LogP) is 2.93. The Hall–Kier alpha value is -0.790. The van der Waals surface area contributed by atoms with Crippen molar-refractivity contribution in [1.82, 2.24) is 0 Å². The van der Waals surface area contributed by atoms with Gasteiger partial charge in [0.15, 0.2) is 0 Å². The summed E-state index contributed by atoms with van der Waals surface area (Å²) in [5, 5.41) is 0. The summed E-state index contributed by atoms with van der Waals surface area (Å²) in [6.07, 6.45) is 7.54. The van der Waals surface area contributed by atoms with Crippen LogP contribution < -0.4 is 0 Å². The van der Waals surface area contributed by atoms with Crippen LogP contribution in [0.2, 0.25) is 0 Å². The van der Waals surface area contributed by atoms with Crippen LogP contribution in [0.4, 0.5) is 0 Å². The molecule has 0 spiro atoms. The summed E-state index contributed by atoms with van der Waals surface area (Å²) in [6.45, 7) is 6.29. The standard InChI is InChI=1S/C11H20O2/c1-10(2)8-6-4-5-7-9-13-11(3)12/h5,7,10H,4,6,8-9H2,1-3H3/b7-5-. The van der Waals surface area contributed by atoms with Crippen LogP contribution in [-0.2, 0) is 9.53 Å². The molecular weight excluding hydrogens is 164 g/mol. The van der Waals surface area contributed by atoms with E-state index in [1.54, 1.807) is 0 Å². The van der Waals surface area contributed by atoms with Crippen molar-refractivity contribution in [1.29, 1.82) is 0 Å². The van der Waals surface area contributed by atoms with Gasteiger partial charge in [0.05, 0.1) is 0 Å². The van der Waals surface area contributed by atoms with Gasteiger partial charge in [-0.3, -0.25) is 4.79 Å². The molecule has 0 aliphatic rings. The number of hydrogen-bond donors (Lipinski definition) is 0. The molecule has 0 radical (unpaired) electrons. The molecule has 2 nitrogen and oxygen atoms in total. The Balaban J connectivity index is 3.17. The van der Waals surface area contributed by atoms with Crippen molar-refractivity contribution < 1.29 is 9.53 Å². The first kappa shape index (κ1) is 12.2. The minimum Gasteiger partial charge on any atom is -0.462 e. The molecule has 0 unspecified atom stereocenters. The first-order chi connectivity index (χ1) is 6.13. The van der Waals surface area contributed by atoms with Crippen molar-refractivity contribution in [3.05, 3.63) is 12.2 Å². The SMILES string of the molecule is CC(=O)OC/C=C\CCCC(C)C. The van der Waals surface area contributed by atoms with Crippen molar-refractivity contribution >= 4 is 5.97 Å². The molecule has 0 rings (SSSR count). The summed E-state index contributed by atoms with van der Waals surface area (Å²) >= 11 is 0. The third kappa shape index (κ3) is 11.2. The average molecular weight is 184 g/mol. The molecule has 0 saturated heterocycles. The fraction of sp³-hybridized carbons (Fsp3) is 0.727. The quantitative estimate of drug-likeness (QED) is 0.360. The third-order valence-electron chi connectivity index (χ3n) is 1.70. The molecule has 0 aromatic rings. The highest BCUT2D eigenvalue weighted by Gasteiger charge is 1.91. The smallest absolute Gasteiger partial charge is 0.302 e. The zero-order valence-electron chi connectivity index (χ0n) is 8.88. The predicted molar refractivity (Wildman–Crippen MR) is 54.5 cm³/mol. The molecule has 0 N–H and O–H groups in total. The van der Waals surface area contributed by atoms with E-state index in [-0.39, 0.29) is 5.97 Å². The van der Waals surface area contributed by atoms with Crippen molar-refractivity contribution in [3.8, 4) is 0 Å². The highest BCUT2D eigenvalue weighted by Crippen LogP contribution is 2.06. The van der Waals surface area contributed by atoms with E-state index in [0.717, 1.165) is 12.3 Å². The van der Waals surface area contributed by atoms with Crippen LogP contribution in [0.5, 0.6) is 0 Å². The molecule has 0 aliphatic carbocycles. The largest absolute Gasteiger partial charge is 0.462 e. The maximum absolute atomic E-state index is 10.4. The maximum atomic E-state index is 10.4. The second-order valence-corrected chi connectivity index (χ2v) is 3.60. The Morgan fingerprint density at radius 2 is 2.08 bits per heavy atom. The number of allylic oxidation sites excluding steroid dienone is 1. The molecule has 0 aromatic carbocycles. The van der Waals surface area contributed by atoms with Crippen LogP contribution >= 0.6 is 0 Å². The number of carbonyl (C=O) groups is 1. The lowest BCUT2D eigenvalue weighted by molar-refractivity contribution is -0.139. The van der Waals surface area contributed by atoms with Crippen molar-refractivity contribution in [3.63, 3.8) is 0 Å². The van der Waals surface area contributed by atoms with E-state index in [1.165, 1.54) is 19.8 Å². The molecule has 0 fully saturated rings. The van der Waals surface area contributed by atoms with Gasteiger partial charge in [-0.1, -0.05) is 32.4 Å². The molecule has 0 atom stereocenters. The Bertz CT molecular complexity index is 159. The lowest BCUT2D eigenvalue weighted by atomic mass is 10.1. The summed E-state index contributed by atoms with van der Waals surface area (Å²) in [6, 6.07) is 0. The lowest BCUT2D eigenvalue weighted by Gasteiger charge is -2.00. The number of ether oxygens (including phenoxy) is 1. The van der Waals surface area contributed by atoms with Gasteiger partial charge < -0.3 is 4.74 Å². The summed E-state index contributed by atoms with van der Waals surface area (Å²) in [7, 11) is 0. The van der Waals surface area contributed by atoms with Crippen LogP contribution in [0.1, 0.15) is 40.0 Å². The number of unbranched alkanes of at least 4 members (excludes halogenated alkanes) is 1.